The van der Waals surface area contributed by atoms with Gasteiger partial charge in [0.1, 0.15) is 0 Å². The van der Waals surface area contributed by atoms with Crippen LogP contribution in [0.15, 0.2) is 60.4 Å². The number of carbonyl (C=O) groups excluding carboxylic acids is 2. The number of methoxy groups -OCH3 is 1. The molecule has 1 heterocycles. The van der Waals surface area contributed by atoms with Gasteiger partial charge in [-0.25, -0.2) is 0 Å². The third-order valence-corrected chi connectivity index (χ3v) is 4.19. The number of nitrogens with zero attached hydrogens (tertiary/aromatic N) is 1. The summed E-state index contributed by atoms with van der Waals surface area (Å²) in [6, 6.07) is 15.0. The number of ether oxygens (including phenoxy) is 1. The quantitative estimate of drug-likeness (QED) is 0.639. The summed E-state index contributed by atoms with van der Waals surface area (Å²) in [4.78, 5) is 26.3. The Morgan fingerprint density at radius 1 is 1.19 bits per heavy atom. The van der Waals surface area contributed by atoms with Crippen molar-refractivity contribution in [1.82, 2.24) is 4.90 Å². The number of anilines is 2. The Morgan fingerprint density at radius 3 is 2.69 bits per heavy atom. The fourth-order valence-electron chi connectivity index (χ4n) is 2.83. The molecule has 0 fully saturated rings. The van der Waals surface area contributed by atoms with Crippen molar-refractivity contribution in [2.75, 3.05) is 24.7 Å². The summed E-state index contributed by atoms with van der Waals surface area (Å²) >= 11 is 0. The second-order valence-corrected chi connectivity index (χ2v) is 6.07. The van der Waals surface area contributed by atoms with E-state index >= 15 is 0 Å². The number of nitrogen functional groups attached to an aromatic ring is 1. The van der Waals surface area contributed by atoms with Gasteiger partial charge in [0.05, 0.1) is 24.8 Å². The van der Waals surface area contributed by atoms with E-state index in [2.05, 4.69) is 5.32 Å². The van der Waals surface area contributed by atoms with Crippen LogP contribution in [0.3, 0.4) is 0 Å². The Kier molecular flexibility index (Phi) is 5.22. The molecule has 2 aromatic rings. The number of rotatable bonds is 5. The number of nitrogens with one attached hydrogen (secondary N) is 1. The first-order valence-corrected chi connectivity index (χ1v) is 8.36. The van der Waals surface area contributed by atoms with Crippen LogP contribution in [-0.4, -0.2) is 30.4 Å². The lowest BCUT2D eigenvalue weighted by Crippen LogP contribution is -2.28. The second-order valence-electron chi connectivity index (χ2n) is 6.07. The van der Waals surface area contributed by atoms with E-state index in [0.29, 0.717) is 35.6 Å². The third-order valence-electron chi connectivity index (χ3n) is 4.19. The van der Waals surface area contributed by atoms with Crippen LogP contribution in [0.5, 0.6) is 0 Å². The third kappa shape index (κ3) is 4.03. The van der Waals surface area contributed by atoms with Crippen molar-refractivity contribution in [2.45, 2.75) is 12.8 Å². The molecule has 3 rings (SSSR count). The molecule has 0 radical (unpaired) electrons. The van der Waals surface area contributed by atoms with Crippen LogP contribution in [0, 0.1) is 0 Å². The predicted molar refractivity (Wildman–Crippen MR) is 100 cm³/mol. The van der Waals surface area contributed by atoms with Gasteiger partial charge in [-0.15, -0.1) is 0 Å². The van der Waals surface area contributed by atoms with Gasteiger partial charge in [0.2, 0.25) is 0 Å². The molecule has 0 unspecified atom stereocenters. The summed E-state index contributed by atoms with van der Waals surface area (Å²) in [6.45, 7) is 0.490. The summed E-state index contributed by atoms with van der Waals surface area (Å²) in [6.07, 6.45) is 2.43. The van der Waals surface area contributed by atoms with Gasteiger partial charge in [-0.2, -0.15) is 0 Å². The minimum atomic E-state index is -0.377. The number of amides is 1. The number of esters is 1. The van der Waals surface area contributed by atoms with Crippen molar-refractivity contribution < 1.29 is 14.3 Å². The Bertz CT molecular complexity index is 847. The van der Waals surface area contributed by atoms with Gasteiger partial charge < -0.3 is 20.7 Å². The normalized spacial score (nSPS) is 13.3. The van der Waals surface area contributed by atoms with Gasteiger partial charge >= 0.3 is 5.97 Å². The zero-order valence-electron chi connectivity index (χ0n) is 14.6. The van der Waals surface area contributed by atoms with E-state index in [1.807, 2.05) is 30.3 Å². The van der Waals surface area contributed by atoms with E-state index in [0.717, 1.165) is 5.56 Å². The highest BCUT2D eigenvalue weighted by Crippen LogP contribution is 2.26. The van der Waals surface area contributed by atoms with Crippen LogP contribution >= 0.6 is 0 Å². The van der Waals surface area contributed by atoms with Gasteiger partial charge in [0, 0.05) is 24.1 Å². The molecule has 1 aliphatic heterocycles. The lowest BCUT2D eigenvalue weighted by molar-refractivity contribution is -0.139. The Balaban J connectivity index is 1.89. The van der Waals surface area contributed by atoms with Crippen LogP contribution in [-0.2, 0) is 16.0 Å². The molecule has 134 valence electrons. The van der Waals surface area contributed by atoms with Crippen LogP contribution in [0.25, 0.3) is 0 Å². The Morgan fingerprint density at radius 2 is 1.96 bits per heavy atom. The molecule has 26 heavy (non-hydrogen) atoms. The fourth-order valence-corrected chi connectivity index (χ4v) is 2.83. The number of fused-ring (bicyclic) bond motifs is 1. The molecule has 2 aromatic carbocycles. The van der Waals surface area contributed by atoms with E-state index < -0.39 is 0 Å². The average molecular weight is 351 g/mol. The molecule has 1 amide bonds. The van der Waals surface area contributed by atoms with E-state index in [9.17, 15) is 9.59 Å². The van der Waals surface area contributed by atoms with E-state index in [1.54, 1.807) is 29.3 Å². The van der Waals surface area contributed by atoms with Gasteiger partial charge in [-0.05, 0) is 30.2 Å². The Labute approximate surface area is 152 Å². The van der Waals surface area contributed by atoms with Crippen LogP contribution < -0.4 is 11.1 Å². The zero-order chi connectivity index (χ0) is 18.5. The SMILES string of the molecule is COC(=O)CC1=CN(CCc2ccccc2)C(=O)c2cc(N)ccc2N1. The molecule has 0 saturated heterocycles. The molecule has 3 N–H and O–H groups in total. The molecule has 0 bridgehead atoms. The summed E-state index contributed by atoms with van der Waals surface area (Å²) in [5, 5.41) is 3.15. The fraction of sp³-hybridized carbons (Fsp3) is 0.200. The smallest absolute Gasteiger partial charge is 0.311 e. The van der Waals surface area contributed by atoms with Crippen molar-refractivity contribution in [3.8, 4) is 0 Å². The van der Waals surface area contributed by atoms with Crippen molar-refractivity contribution in [1.29, 1.82) is 0 Å². The first-order chi connectivity index (χ1) is 12.6. The standard InChI is InChI=1S/C20H21N3O3/c1-26-19(24)12-16-13-23(10-9-14-5-3-2-4-6-14)20(25)17-11-15(21)7-8-18(17)22-16/h2-8,11,13,22H,9-10,12,21H2,1H3. The highest BCUT2D eigenvalue weighted by Gasteiger charge is 2.23. The van der Waals surface area contributed by atoms with E-state index in [1.165, 1.54) is 7.11 Å². The molecule has 0 aromatic heterocycles. The molecule has 6 nitrogen and oxygen atoms in total. The van der Waals surface area contributed by atoms with Crippen molar-refractivity contribution in [2.24, 2.45) is 0 Å². The molecular formula is C20H21N3O3. The second kappa shape index (κ2) is 7.74. The Hall–Kier alpha value is -3.28. The maximum absolute atomic E-state index is 13.0. The number of nitrogens with two attached hydrogens (primary N) is 1. The summed E-state index contributed by atoms with van der Waals surface area (Å²) in [5.41, 5.74) is 9.20. The van der Waals surface area contributed by atoms with Crippen LogP contribution in [0.4, 0.5) is 11.4 Å². The first kappa shape index (κ1) is 17.5. The van der Waals surface area contributed by atoms with E-state index in [4.69, 9.17) is 10.5 Å². The topological polar surface area (TPSA) is 84.7 Å². The molecule has 6 heteroatoms. The van der Waals surface area contributed by atoms with Crippen LogP contribution in [0.1, 0.15) is 22.3 Å². The monoisotopic (exact) mass is 351 g/mol. The maximum Gasteiger partial charge on any atom is 0.311 e. The largest absolute Gasteiger partial charge is 0.469 e. The average Bonchev–Trinajstić information content (AvgIpc) is 2.78. The lowest BCUT2D eigenvalue weighted by Gasteiger charge is -2.18. The van der Waals surface area contributed by atoms with Gasteiger partial charge in [0.15, 0.2) is 0 Å². The van der Waals surface area contributed by atoms with E-state index in [-0.39, 0.29) is 18.3 Å². The number of hydrogen-bond donors (Lipinski definition) is 2. The maximum atomic E-state index is 13.0. The lowest BCUT2D eigenvalue weighted by atomic mass is 10.1. The molecule has 0 spiro atoms. The summed E-state index contributed by atoms with van der Waals surface area (Å²) < 4.78 is 4.75. The molecular weight excluding hydrogens is 330 g/mol. The first-order valence-electron chi connectivity index (χ1n) is 8.36. The highest BCUT2D eigenvalue weighted by molar-refractivity contribution is 6.02. The van der Waals surface area contributed by atoms with Crippen LogP contribution in [0.2, 0.25) is 0 Å². The van der Waals surface area contributed by atoms with Gasteiger partial charge in [0.25, 0.3) is 5.91 Å². The minimum Gasteiger partial charge on any atom is -0.469 e. The minimum absolute atomic E-state index is 0.0510. The van der Waals surface area contributed by atoms with Crippen molar-refractivity contribution in [3.63, 3.8) is 0 Å². The molecule has 0 aliphatic carbocycles. The van der Waals surface area contributed by atoms with Crippen molar-refractivity contribution in [3.05, 3.63) is 71.6 Å². The summed E-state index contributed by atoms with van der Waals surface area (Å²) in [7, 11) is 1.34. The van der Waals surface area contributed by atoms with Gasteiger partial charge in [-0.3, -0.25) is 9.59 Å². The number of hydrogen-bond acceptors (Lipinski definition) is 5. The van der Waals surface area contributed by atoms with Gasteiger partial charge in [-0.1, -0.05) is 30.3 Å². The highest BCUT2D eigenvalue weighted by atomic mass is 16.5. The molecule has 0 saturated carbocycles. The zero-order valence-corrected chi connectivity index (χ0v) is 14.6. The van der Waals surface area contributed by atoms with Crippen molar-refractivity contribution >= 4 is 23.3 Å². The molecule has 0 atom stereocenters. The summed E-state index contributed by atoms with van der Waals surface area (Å²) in [5.74, 6) is -0.534. The molecule has 1 aliphatic rings. The number of carbonyl (C=O) groups is 2. The predicted octanol–water partition coefficient (Wildman–Crippen LogP) is 2.78. The number of benzene rings is 2.